The maximum Gasteiger partial charge on any atom is 0.244 e. The highest BCUT2D eigenvalue weighted by molar-refractivity contribution is 9.11. The summed E-state index contributed by atoms with van der Waals surface area (Å²) in [6.45, 7) is 1.85. The molecule has 7 heteroatoms. The van der Waals surface area contributed by atoms with Gasteiger partial charge in [-0.2, -0.15) is 4.31 Å². The molecular formula is C10H12Br3NO2S. The highest BCUT2D eigenvalue weighted by Gasteiger charge is 2.26. The van der Waals surface area contributed by atoms with E-state index >= 15 is 0 Å². The first-order valence-corrected chi connectivity index (χ1v) is 8.94. The number of nitrogens with zero attached hydrogens (tertiary/aromatic N) is 1. The molecule has 0 radical (unpaired) electrons. The van der Waals surface area contributed by atoms with E-state index in [1.807, 2.05) is 6.92 Å². The minimum atomic E-state index is -3.48. The molecule has 1 rings (SSSR count). The second-order valence-corrected chi connectivity index (χ2v) is 7.98. The van der Waals surface area contributed by atoms with Gasteiger partial charge in [0, 0.05) is 27.4 Å². The fraction of sp³-hybridized carbons (Fsp3) is 0.400. The first-order valence-electron chi connectivity index (χ1n) is 4.79. The molecule has 0 saturated carbocycles. The van der Waals surface area contributed by atoms with Crippen LogP contribution in [0.1, 0.15) is 6.92 Å². The summed E-state index contributed by atoms with van der Waals surface area (Å²) in [5.74, 6) is 0. The van der Waals surface area contributed by atoms with Crippen LogP contribution in [0, 0.1) is 0 Å². The van der Waals surface area contributed by atoms with Gasteiger partial charge in [-0.25, -0.2) is 8.42 Å². The number of rotatable bonds is 4. The van der Waals surface area contributed by atoms with Crippen LogP contribution in [0.3, 0.4) is 0 Å². The third kappa shape index (κ3) is 3.53. The fourth-order valence-corrected chi connectivity index (χ4v) is 4.61. The normalized spacial score (nSPS) is 14.0. The number of benzene rings is 1. The third-order valence-corrected chi connectivity index (χ3v) is 6.79. The Hall–Kier alpha value is 0.570. The van der Waals surface area contributed by atoms with Crippen molar-refractivity contribution in [3.8, 4) is 0 Å². The molecule has 3 nitrogen and oxygen atoms in total. The van der Waals surface area contributed by atoms with Crippen molar-refractivity contribution in [2.24, 2.45) is 0 Å². The molecule has 1 atom stereocenters. The Morgan fingerprint density at radius 2 is 1.94 bits per heavy atom. The second kappa shape index (κ2) is 6.14. The van der Waals surface area contributed by atoms with Crippen molar-refractivity contribution >= 4 is 57.8 Å². The van der Waals surface area contributed by atoms with Crippen molar-refractivity contribution in [2.45, 2.75) is 17.9 Å². The van der Waals surface area contributed by atoms with Gasteiger partial charge in [0.2, 0.25) is 10.0 Å². The predicted molar refractivity (Wildman–Crippen MR) is 80.0 cm³/mol. The van der Waals surface area contributed by atoms with E-state index < -0.39 is 10.0 Å². The van der Waals surface area contributed by atoms with Gasteiger partial charge in [0.25, 0.3) is 0 Å². The minimum Gasteiger partial charge on any atom is -0.207 e. The molecule has 1 aromatic rings. The van der Waals surface area contributed by atoms with Crippen LogP contribution in [0.25, 0.3) is 0 Å². The highest BCUT2D eigenvalue weighted by Crippen LogP contribution is 2.28. The van der Waals surface area contributed by atoms with E-state index in [-0.39, 0.29) is 10.9 Å². The lowest BCUT2D eigenvalue weighted by atomic mass is 10.4. The summed E-state index contributed by atoms with van der Waals surface area (Å²) in [6, 6.07) is 4.99. The lowest BCUT2D eigenvalue weighted by molar-refractivity contribution is 0.416. The van der Waals surface area contributed by atoms with Crippen LogP contribution in [0.15, 0.2) is 32.0 Å². The van der Waals surface area contributed by atoms with Crippen LogP contribution >= 0.6 is 47.8 Å². The Labute approximate surface area is 127 Å². The Morgan fingerprint density at radius 3 is 2.47 bits per heavy atom. The van der Waals surface area contributed by atoms with Crippen LogP contribution in [0.2, 0.25) is 0 Å². The van der Waals surface area contributed by atoms with E-state index in [0.29, 0.717) is 9.80 Å². The highest BCUT2D eigenvalue weighted by atomic mass is 79.9. The van der Waals surface area contributed by atoms with Crippen LogP contribution < -0.4 is 0 Å². The first kappa shape index (κ1) is 15.6. The zero-order chi connectivity index (χ0) is 13.2. The number of halogens is 3. The second-order valence-electron chi connectivity index (χ2n) is 3.60. The summed E-state index contributed by atoms with van der Waals surface area (Å²) >= 11 is 9.83. The van der Waals surface area contributed by atoms with Crippen LogP contribution in [0.4, 0.5) is 0 Å². The molecule has 0 heterocycles. The van der Waals surface area contributed by atoms with Gasteiger partial charge in [-0.1, -0.05) is 31.9 Å². The summed E-state index contributed by atoms with van der Waals surface area (Å²) < 4.78 is 27.4. The zero-order valence-electron chi connectivity index (χ0n) is 9.32. The monoisotopic (exact) mass is 447 g/mol. The van der Waals surface area contributed by atoms with Gasteiger partial charge < -0.3 is 0 Å². The molecule has 0 amide bonds. The zero-order valence-corrected chi connectivity index (χ0v) is 14.9. The largest absolute Gasteiger partial charge is 0.244 e. The van der Waals surface area contributed by atoms with Crippen molar-refractivity contribution in [3.63, 3.8) is 0 Å². The third-order valence-electron chi connectivity index (χ3n) is 2.39. The molecule has 0 bridgehead atoms. The minimum absolute atomic E-state index is 0.106. The van der Waals surface area contributed by atoms with Crippen molar-refractivity contribution in [1.29, 1.82) is 0 Å². The van der Waals surface area contributed by atoms with E-state index in [2.05, 4.69) is 47.8 Å². The summed E-state index contributed by atoms with van der Waals surface area (Å²) in [7, 11) is -1.90. The average Bonchev–Trinajstić information content (AvgIpc) is 2.30. The van der Waals surface area contributed by atoms with Crippen molar-refractivity contribution in [2.75, 3.05) is 12.4 Å². The lowest BCUT2D eigenvalue weighted by Gasteiger charge is -2.23. The average molecular weight is 450 g/mol. The molecule has 0 N–H and O–H groups in total. The molecular weight excluding hydrogens is 438 g/mol. The number of sulfonamides is 1. The topological polar surface area (TPSA) is 37.4 Å². The molecule has 0 spiro atoms. The van der Waals surface area contributed by atoms with Gasteiger partial charge in [0.05, 0.1) is 4.90 Å². The van der Waals surface area contributed by atoms with Crippen molar-refractivity contribution in [1.82, 2.24) is 4.31 Å². The maximum atomic E-state index is 12.4. The molecule has 1 unspecified atom stereocenters. The van der Waals surface area contributed by atoms with Gasteiger partial charge in [0.15, 0.2) is 0 Å². The van der Waals surface area contributed by atoms with Crippen LogP contribution in [0.5, 0.6) is 0 Å². The molecule has 0 fully saturated rings. The summed E-state index contributed by atoms with van der Waals surface area (Å²) in [4.78, 5) is 0.266. The molecule has 17 heavy (non-hydrogen) atoms. The molecule has 0 aliphatic rings. The smallest absolute Gasteiger partial charge is 0.207 e. The van der Waals surface area contributed by atoms with Crippen molar-refractivity contribution in [3.05, 3.63) is 27.1 Å². The van der Waals surface area contributed by atoms with Crippen LogP contribution in [-0.2, 0) is 10.0 Å². The Morgan fingerprint density at radius 1 is 1.35 bits per heavy atom. The van der Waals surface area contributed by atoms with Gasteiger partial charge >= 0.3 is 0 Å². The summed E-state index contributed by atoms with van der Waals surface area (Å²) in [5, 5.41) is 0.592. The quantitative estimate of drug-likeness (QED) is 0.658. The molecule has 0 aromatic heterocycles. The first-order chi connectivity index (χ1) is 7.80. The fourth-order valence-electron chi connectivity index (χ4n) is 1.16. The van der Waals surface area contributed by atoms with Gasteiger partial charge in [-0.3, -0.25) is 0 Å². The SMILES string of the molecule is CC(CBr)N(C)S(=O)(=O)c1cc(Br)ccc1Br. The number of hydrogen-bond donors (Lipinski definition) is 0. The number of hydrogen-bond acceptors (Lipinski definition) is 2. The molecule has 96 valence electrons. The molecule has 0 aliphatic carbocycles. The summed E-state index contributed by atoms with van der Waals surface area (Å²) in [6.07, 6.45) is 0. The van der Waals surface area contributed by atoms with Gasteiger partial charge in [-0.15, -0.1) is 0 Å². The molecule has 0 aliphatic heterocycles. The molecule has 0 saturated heterocycles. The Bertz CT molecular complexity index is 504. The Balaban J connectivity index is 3.26. The summed E-state index contributed by atoms with van der Waals surface area (Å²) in [5.41, 5.74) is 0. The van der Waals surface area contributed by atoms with E-state index in [1.165, 1.54) is 4.31 Å². The lowest BCUT2D eigenvalue weighted by Crippen LogP contribution is -2.36. The molecule has 1 aromatic carbocycles. The van der Waals surface area contributed by atoms with E-state index in [0.717, 1.165) is 4.47 Å². The maximum absolute atomic E-state index is 12.4. The van der Waals surface area contributed by atoms with Crippen molar-refractivity contribution < 1.29 is 8.42 Å². The van der Waals surface area contributed by atoms with E-state index in [9.17, 15) is 8.42 Å². The standard InChI is InChI=1S/C10H12Br3NO2S/c1-7(6-11)14(2)17(15,16)10-5-8(12)3-4-9(10)13/h3-5,7H,6H2,1-2H3. The number of alkyl halides is 1. The van der Waals surface area contributed by atoms with Crippen LogP contribution in [-0.4, -0.2) is 31.1 Å². The van der Waals surface area contributed by atoms with Gasteiger partial charge in [0.1, 0.15) is 0 Å². The predicted octanol–water partition coefficient (Wildman–Crippen LogP) is 3.62. The van der Waals surface area contributed by atoms with E-state index in [4.69, 9.17) is 0 Å². The van der Waals surface area contributed by atoms with E-state index in [1.54, 1.807) is 25.2 Å². The Kier molecular flexibility index (Phi) is 5.65. The van der Waals surface area contributed by atoms with Gasteiger partial charge in [-0.05, 0) is 41.1 Å².